The molecule has 2 fully saturated rings. The van der Waals surface area contributed by atoms with Crippen molar-refractivity contribution in [3.05, 3.63) is 65.7 Å². The molecule has 0 radical (unpaired) electrons. The van der Waals surface area contributed by atoms with E-state index in [1.54, 1.807) is 109 Å². The maximum Gasteiger partial charge on any atom is 0.410 e. The van der Waals surface area contributed by atoms with E-state index in [0.717, 1.165) is 24.2 Å². The molecule has 558 valence electrons. The summed E-state index contributed by atoms with van der Waals surface area (Å²) < 4.78 is 17.7. The number of methoxy groups -OCH3 is 2. The molecule has 2 aromatic rings. The molecule has 1 unspecified atom stereocenters. The van der Waals surface area contributed by atoms with Gasteiger partial charge >= 0.3 is 18.1 Å². The molecule has 9 N–H and O–H groups in total. The van der Waals surface area contributed by atoms with Crippen LogP contribution in [-0.2, 0) is 75.2 Å². The maximum atomic E-state index is 14.8. The van der Waals surface area contributed by atoms with Crippen LogP contribution in [0, 0.1) is 29.6 Å². The van der Waals surface area contributed by atoms with E-state index < -0.39 is 120 Å². The van der Waals surface area contributed by atoms with Crippen LogP contribution in [0.2, 0.25) is 0 Å². The number of hydrogen-bond acceptors (Lipinski definition) is 16. The van der Waals surface area contributed by atoms with Crippen LogP contribution in [0.25, 0.3) is 0 Å². The largest absolute Gasteiger partial charge is 0.480 e. The van der Waals surface area contributed by atoms with E-state index in [1.165, 1.54) is 47.7 Å². The summed E-state index contributed by atoms with van der Waals surface area (Å²) in [6, 6.07) is 7.90. The minimum absolute atomic E-state index is 0.0754. The number of anilines is 1. The lowest BCUT2D eigenvalue weighted by molar-refractivity contribution is -0.148. The molecule has 4 rings (SSSR count). The topological polar surface area (TPSA) is 364 Å². The Morgan fingerprint density at radius 3 is 1.97 bits per heavy atom. The Morgan fingerprint density at radius 2 is 1.38 bits per heavy atom. The highest BCUT2D eigenvalue weighted by molar-refractivity contribution is 8.00. The number of primary amides is 1. The van der Waals surface area contributed by atoms with Crippen molar-refractivity contribution in [1.82, 2.24) is 46.2 Å². The van der Waals surface area contributed by atoms with Crippen molar-refractivity contribution in [2.75, 3.05) is 59.0 Å². The van der Waals surface area contributed by atoms with Gasteiger partial charge in [-0.05, 0) is 97.6 Å². The predicted molar refractivity (Wildman–Crippen MR) is 381 cm³/mol. The Labute approximate surface area is 594 Å². The highest BCUT2D eigenvalue weighted by Crippen LogP contribution is 2.31. The van der Waals surface area contributed by atoms with E-state index >= 15 is 0 Å². The molecule has 2 heterocycles. The Hall–Kier alpha value is -7.85. The SMILES string of the molecule is CCCCSC1CC(=O)N(CCCCCC(=O)N[C@H](C(=O)N[C@@H](CCCNC(N)=O)C(=O)Nc2ccc(COC(=O)N(C)[C@H](C(=O)N[C@H](C(=O)N(C)[C@@H]([C@@H](C)CC)[C@@H](CC(=O)N3CCC[C@H]3[C@H](OC)[C@@H](C)C(=O)N[C@@H](Cc3ccccc3)C(=O)O)OC)C(C)C)C(C)C)cc2)C(C)C)C1=O. The summed E-state index contributed by atoms with van der Waals surface area (Å²) in [6.45, 7) is 18.8. The number of carboxylic acids is 1. The van der Waals surface area contributed by atoms with E-state index in [1.807, 2.05) is 19.9 Å². The van der Waals surface area contributed by atoms with Crippen LogP contribution in [0.15, 0.2) is 54.6 Å². The van der Waals surface area contributed by atoms with Crippen molar-refractivity contribution < 1.29 is 76.9 Å². The summed E-state index contributed by atoms with van der Waals surface area (Å²) in [4.78, 5) is 167. The van der Waals surface area contributed by atoms with Gasteiger partial charge in [0.25, 0.3) is 0 Å². The lowest BCUT2D eigenvalue weighted by atomic mass is 9.89. The van der Waals surface area contributed by atoms with Gasteiger partial charge in [0.1, 0.15) is 36.8 Å². The van der Waals surface area contributed by atoms with Crippen LogP contribution >= 0.6 is 11.8 Å². The number of thioether (sulfide) groups is 1. The van der Waals surface area contributed by atoms with Gasteiger partial charge in [0.15, 0.2) is 0 Å². The number of aliphatic carboxylic acids is 1. The molecule has 0 bridgehead atoms. The third-order valence-corrected chi connectivity index (χ3v) is 20.0. The first-order valence-electron chi connectivity index (χ1n) is 35.3. The van der Waals surface area contributed by atoms with Crippen molar-refractivity contribution in [1.29, 1.82) is 0 Å². The fourth-order valence-electron chi connectivity index (χ4n) is 12.8. The zero-order valence-electron chi connectivity index (χ0n) is 61.1. The number of amides is 12. The van der Waals surface area contributed by atoms with Crippen molar-refractivity contribution >= 4 is 88.7 Å². The van der Waals surface area contributed by atoms with Gasteiger partial charge in [0, 0.05) is 72.9 Å². The zero-order valence-corrected chi connectivity index (χ0v) is 62.0. The first kappa shape index (κ1) is 84.6. The Bertz CT molecular complexity index is 3030. The number of imide groups is 1. The fourth-order valence-corrected chi connectivity index (χ4v) is 14.0. The lowest BCUT2D eigenvalue weighted by Crippen LogP contribution is -2.60. The number of nitrogens with zero attached hydrogens (tertiary/aromatic N) is 4. The minimum Gasteiger partial charge on any atom is -0.480 e. The number of carboxylic acid groups (broad SMARTS) is 1. The molecular weight excluding hydrogens is 1310 g/mol. The third kappa shape index (κ3) is 25.6. The third-order valence-electron chi connectivity index (χ3n) is 18.7. The van der Waals surface area contributed by atoms with Gasteiger partial charge in [-0.2, -0.15) is 0 Å². The number of likely N-dealkylation sites (tertiary alicyclic amines) is 2. The van der Waals surface area contributed by atoms with Gasteiger partial charge in [-0.3, -0.25) is 53.0 Å². The van der Waals surface area contributed by atoms with Gasteiger partial charge < -0.3 is 66.8 Å². The molecule has 0 aromatic heterocycles. The number of rotatable bonds is 43. The van der Waals surface area contributed by atoms with Crippen LogP contribution in [0.3, 0.4) is 0 Å². The van der Waals surface area contributed by atoms with Crippen LogP contribution in [-0.4, -0.2) is 209 Å². The Morgan fingerprint density at radius 1 is 0.720 bits per heavy atom. The molecule has 27 nitrogen and oxygen atoms in total. The number of benzene rings is 2. The number of nitrogens with two attached hydrogens (primary N) is 1. The molecular formula is C72H113N11O16S. The van der Waals surface area contributed by atoms with E-state index in [2.05, 4.69) is 38.8 Å². The quantitative estimate of drug-likeness (QED) is 0.0263. The first-order chi connectivity index (χ1) is 47.4. The first-order valence-corrected chi connectivity index (χ1v) is 36.3. The van der Waals surface area contributed by atoms with E-state index in [4.69, 9.17) is 19.9 Å². The van der Waals surface area contributed by atoms with Gasteiger partial charge in [0.2, 0.25) is 53.2 Å². The van der Waals surface area contributed by atoms with Gasteiger partial charge in [-0.1, -0.05) is 131 Å². The molecule has 100 heavy (non-hydrogen) atoms. The van der Waals surface area contributed by atoms with Crippen LogP contribution in [0.4, 0.5) is 15.3 Å². The molecule has 2 aliphatic heterocycles. The number of ether oxygens (including phenoxy) is 3. The summed E-state index contributed by atoms with van der Waals surface area (Å²) in [5, 5.41) is 26.1. The second-order valence-corrected chi connectivity index (χ2v) is 28.7. The van der Waals surface area contributed by atoms with E-state index in [-0.39, 0.29) is 98.9 Å². The Balaban J connectivity index is 1.36. The number of hydrogen-bond donors (Lipinski definition) is 8. The number of unbranched alkanes of at least 4 members (excludes halogenated alkanes) is 3. The molecule has 2 aromatic carbocycles. The van der Waals surface area contributed by atoms with Gasteiger partial charge in [0.05, 0.1) is 41.9 Å². The Kier molecular flexibility index (Phi) is 35.9. The molecule has 0 saturated carbocycles. The average Bonchev–Trinajstić information content (AvgIpc) is 1.30. The second-order valence-electron chi connectivity index (χ2n) is 27.3. The van der Waals surface area contributed by atoms with E-state index in [9.17, 15) is 62.6 Å². The normalized spacial score (nSPS) is 17.6. The molecule has 28 heteroatoms. The number of carbonyl (C=O) groups is 12. The second kappa shape index (κ2) is 42.4. The van der Waals surface area contributed by atoms with Crippen LogP contribution in [0.1, 0.15) is 164 Å². The molecule has 12 atom stereocenters. The highest BCUT2D eigenvalue weighted by Gasteiger charge is 2.45. The predicted octanol–water partition coefficient (Wildman–Crippen LogP) is 6.39. The molecule has 12 amide bonds. The average molecular weight is 1420 g/mol. The molecule has 0 aliphatic carbocycles. The van der Waals surface area contributed by atoms with Crippen LogP contribution in [0.5, 0.6) is 0 Å². The number of carbonyl (C=O) groups excluding carboxylic acids is 11. The van der Waals surface area contributed by atoms with Crippen LogP contribution < -0.4 is 37.6 Å². The standard InChI is InChI=1S/C72H113N11O16S/c1-15-17-38-100-55-41-58(86)83(68(55)91)36-23-19-22-30-56(84)78-59(43(3)4)66(89)76-51(28-24-35-74-71(73)95)65(88)75-50-33-31-49(32-34-50)42-99-72(96)81(12)61(45(7)8)67(90)79-60(44(5)6)69(92)80(11)62(46(9)16-2)54(97-13)40-57(85)82-37-25-29-53(82)63(98-14)47(10)64(87)77-52(70(93)94)39-48-26-20-18-21-27-48/h18,20-21,26-27,31-34,43-47,51-55,59-63H,15-17,19,22-25,28-30,35-42H2,1-14H3,(H,75,88)(H,76,89)(H,77,87)(H,78,84)(H,79,90)(H,93,94)(H3,73,74,95)/t46-,47+,51-,52-,53-,54+,55?,59-,60-,61-,62-,63+/m0/s1. The summed E-state index contributed by atoms with van der Waals surface area (Å²) in [6.07, 6.45) is 3.43. The van der Waals surface area contributed by atoms with E-state index in [0.29, 0.717) is 56.3 Å². The van der Waals surface area contributed by atoms with Crippen molar-refractivity contribution in [3.63, 3.8) is 0 Å². The minimum atomic E-state index is -1.19. The summed E-state index contributed by atoms with van der Waals surface area (Å²) in [5.41, 5.74) is 6.86. The lowest BCUT2D eigenvalue weighted by Gasteiger charge is -2.41. The number of urea groups is 1. The summed E-state index contributed by atoms with van der Waals surface area (Å²) in [7, 11) is 5.97. The fraction of sp³-hybridized carbons (Fsp3) is 0.667. The zero-order chi connectivity index (χ0) is 74.5. The van der Waals surface area contributed by atoms with Crippen molar-refractivity contribution in [3.8, 4) is 0 Å². The summed E-state index contributed by atoms with van der Waals surface area (Å²) >= 11 is 1.52. The van der Waals surface area contributed by atoms with Crippen molar-refractivity contribution in [2.45, 2.75) is 225 Å². The van der Waals surface area contributed by atoms with Gasteiger partial charge in [-0.15, -0.1) is 11.8 Å². The monoisotopic (exact) mass is 1420 g/mol. The summed E-state index contributed by atoms with van der Waals surface area (Å²) in [5.74, 6) is -6.46. The maximum absolute atomic E-state index is 14.8. The number of nitrogens with one attached hydrogen (secondary N) is 6. The molecule has 2 saturated heterocycles. The van der Waals surface area contributed by atoms with Gasteiger partial charge in [-0.25, -0.2) is 14.4 Å². The number of likely N-dealkylation sites (N-methyl/N-ethyl adjacent to an activating group) is 2. The smallest absolute Gasteiger partial charge is 0.410 e. The molecule has 2 aliphatic rings. The molecule has 0 spiro atoms. The van der Waals surface area contributed by atoms with Crippen molar-refractivity contribution in [2.24, 2.45) is 35.3 Å². The highest BCUT2D eigenvalue weighted by atomic mass is 32.2.